The Bertz CT molecular complexity index is 564. The first kappa shape index (κ1) is 14.6. The second-order valence-electron chi connectivity index (χ2n) is 4.33. The van der Waals surface area contributed by atoms with Gasteiger partial charge in [0.2, 0.25) is 0 Å². The molecule has 2 aromatic rings. The van der Waals surface area contributed by atoms with Crippen molar-refractivity contribution in [3.8, 4) is 0 Å². The van der Waals surface area contributed by atoms with Crippen LogP contribution in [0.5, 0.6) is 0 Å². The summed E-state index contributed by atoms with van der Waals surface area (Å²) in [6.07, 6.45) is 1.60. The lowest BCUT2D eigenvalue weighted by atomic mass is 10.1. The van der Waals surface area contributed by atoms with Crippen molar-refractivity contribution in [1.82, 2.24) is 24.8 Å². The molecule has 1 atom stereocenters. The van der Waals surface area contributed by atoms with Gasteiger partial charge in [-0.2, -0.15) is 5.10 Å². The van der Waals surface area contributed by atoms with Crippen molar-refractivity contribution < 1.29 is 0 Å². The molecule has 0 saturated heterocycles. The fraction of sp³-hybridized carbons (Fsp3) is 0.545. The molecular formula is C11H17BrN6S. The van der Waals surface area contributed by atoms with Crippen molar-refractivity contribution in [2.75, 3.05) is 0 Å². The van der Waals surface area contributed by atoms with Crippen molar-refractivity contribution in [3.05, 3.63) is 26.4 Å². The fourth-order valence-corrected chi connectivity index (χ4v) is 3.34. The van der Waals surface area contributed by atoms with Gasteiger partial charge in [0.1, 0.15) is 0 Å². The molecule has 0 bridgehead atoms. The highest BCUT2D eigenvalue weighted by atomic mass is 79.9. The Labute approximate surface area is 124 Å². The molecule has 0 aliphatic carbocycles. The van der Waals surface area contributed by atoms with Crippen molar-refractivity contribution >= 4 is 27.5 Å². The van der Waals surface area contributed by atoms with Crippen molar-refractivity contribution in [3.63, 3.8) is 0 Å². The minimum absolute atomic E-state index is 0.000972. The van der Waals surface area contributed by atoms with E-state index in [1.165, 1.54) is 11.5 Å². The SMILES string of the molecule is CCc1nnsc1C(Cc1c(Br)c(C)nn1C)NN. The minimum Gasteiger partial charge on any atom is -0.271 e. The van der Waals surface area contributed by atoms with Gasteiger partial charge in [-0.15, -0.1) is 5.10 Å². The highest BCUT2D eigenvalue weighted by Crippen LogP contribution is 2.28. The van der Waals surface area contributed by atoms with E-state index in [1.807, 2.05) is 18.7 Å². The van der Waals surface area contributed by atoms with E-state index in [-0.39, 0.29) is 6.04 Å². The maximum absolute atomic E-state index is 5.70. The summed E-state index contributed by atoms with van der Waals surface area (Å²) in [5.41, 5.74) is 5.95. The number of hydrogen-bond donors (Lipinski definition) is 2. The van der Waals surface area contributed by atoms with Crippen LogP contribution in [0.4, 0.5) is 0 Å². The third-order valence-corrected chi connectivity index (χ3v) is 5.01. The summed E-state index contributed by atoms with van der Waals surface area (Å²) in [7, 11) is 1.94. The summed E-state index contributed by atoms with van der Waals surface area (Å²) < 4.78 is 6.93. The van der Waals surface area contributed by atoms with Gasteiger partial charge in [0.15, 0.2) is 0 Å². The molecule has 2 aromatic heterocycles. The van der Waals surface area contributed by atoms with Gasteiger partial charge >= 0.3 is 0 Å². The highest BCUT2D eigenvalue weighted by molar-refractivity contribution is 9.10. The van der Waals surface area contributed by atoms with E-state index < -0.39 is 0 Å². The number of halogens is 1. The first-order valence-corrected chi connectivity index (χ1v) is 7.60. The van der Waals surface area contributed by atoms with Gasteiger partial charge in [0.05, 0.1) is 32.5 Å². The van der Waals surface area contributed by atoms with Gasteiger partial charge in [-0.25, -0.2) is 0 Å². The number of nitrogens with two attached hydrogens (primary N) is 1. The molecule has 0 aromatic carbocycles. The smallest absolute Gasteiger partial charge is 0.0801 e. The molecule has 6 nitrogen and oxygen atoms in total. The number of aryl methyl sites for hydroxylation is 3. The second-order valence-corrected chi connectivity index (χ2v) is 5.91. The van der Waals surface area contributed by atoms with Gasteiger partial charge in [0.25, 0.3) is 0 Å². The zero-order chi connectivity index (χ0) is 14.0. The van der Waals surface area contributed by atoms with Crippen molar-refractivity contribution in [2.45, 2.75) is 32.7 Å². The predicted molar refractivity (Wildman–Crippen MR) is 78.7 cm³/mol. The zero-order valence-corrected chi connectivity index (χ0v) is 13.5. The van der Waals surface area contributed by atoms with Crippen molar-refractivity contribution in [2.24, 2.45) is 12.9 Å². The topological polar surface area (TPSA) is 81.7 Å². The number of hydrogen-bond acceptors (Lipinski definition) is 6. The fourth-order valence-electron chi connectivity index (χ4n) is 2.05. The van der Waals surface area contributed by atoms with Crippen LogP contribution in [0, 0.1) is 6.92 Å². The minimum atomic E-state index is 0.000972. The molecule has 19 heavy (non-hydrogen) atoms. The van der Waals surface area contributed by atoms with Crippen LogP contribution in [0.15, 0.2) is 4.47 Å². The van der Waals surface area contributed by atoms with Crippen LogP contribution in [-0.4, -0.2) is 19.4 Å². The zero-order valence-electron chi connectivity index (χ0n) is 11.1. The Kier molecular flexibility index (Phi) is 4.67. The molecule has 3 N–H and O–H groups in total. The normalized spacial score (nSPS) is 12.9. The summed E-state index contributed by atoms with van der Waals surface area (Å²) in [5, 5.41) is 8.53. The maximum Gasteiger partial charge on any atom is 0.0801 e. The van der Waals surface area contributed by atoms with E-state index in [1.54, 1.807) is 0 Å². The average Bonchev–Trinajstić information content (AvgIpc) is 2.95. The highest BCUT2D eigenvalue weighted by Gasteiger charge is 2.21. The van der Waals surface area contributed by atoms with Crippen LogP contribution in [0.3, 0.4) is 0 Å². The lowest BCUT2D eigenvalue weighted by Gasteiger charge is -2.15. The Hall–Kier alpha value is -0.830. The molecule has 0 amide bonds. The van der Waals surface area contributed by atoms with Gasteiger partial charge in [-0.05, 0) is 40.8 Å². The number of aromatic nitrogens is 4. The largest absolute Gasteiger partial charge is 0.271 e. The van der Waals surface area contributed by atoms with E-state index in [4.69, 9.17) is 5.84 Å². The summed E-state index contributed by atoms with van der Waals surface area (Å²) >= 11 is 4.97. The predicted octanol–water partition coefficient (Wildman–Crippen LogP) is 1.65. The molecule has 1 unspecified atom stereocenters. The molecule has 0 spiro atoms. The van der Waals surface area contributed by atoms with Crippen LogP contribution in [0.25, 0.3) is 0 Å². The average molecular weight is 345 g/mol. The summed E-state index contributed by atoms with van der Waals surface area (Å²) in [5.74, 6) is 5.70. The summed E-state index contributed by atoms with van der Waals surface area (Å²) in [6, 6.07) is 0.000972. The van der Waals surface area contributed by atoms with Crippen molar-refractivity contribution in [1.29, 1.82) is 0 Å². The first-order valence-electron chi connectivity index (χ1n) is 6.03. The number of nitrogens with one attached hydrogen (secondary N) is 1. The quantitative estimate of drug-likeness (QED) is 0.636. The van der Waals surface area contributed by atoms with Gasteiger partial charge in [-0.1, -0.05) is 11.4 Å². The molecule has 104 valence electrons. The van der Waals surface area contributed by atoms with Crippen LogP contribution < -0.4 is 11.3 Å². The molecule has 0 aliphatic rings. The molecular weight excluding hydrogens is 328 g/mol. The molecule has 0 fully saturated rings. The molecule has 2 rings (SSSR count). The van der Waals surface area contributed by atoms with Crippen LogP contribution in [0.2, 0.25) is 0 Å². The molecule has 0 aliphatic heterocycles. The maximum atomic E-state index is 5.70. The van der Waals surface area contributed by atoms with E-state index in [9.17, 15) is 0 Å². The van der Waals surface area contributed by atoms with Crippen LogP contribution in [0.1, 0.15) is 34.9 Å². The summed E-state index contributed by atoms with van der Waals surface area (Å²) in [6.45, 7) is 4.04. The molecule has 2 heterocycles. The molecule has 0 saturated carbocycles. The van der Waals surface area contributed by atoms with E-state index in [0.717, 1.165) is 39.3 Å². The monoisotopic (exact) mass is 344 g/mol. The number of hydrazine groups is 1. The first-order chi connectivity index (χ1) is 9.08. The van der Waals surface area contributed by atoms with Crippen LogP contribution in [-0.2, 0) is 19.9 Å². The van der Waals surface area contributed by atoms with Gasteiger partial charge in [0, 0.05) is 13.5 Å². The number of rotatable bonds is 5. The van der Waals surface area contributed by atoms with Gasteiger partial charge < -0.3 is 0 Å². The van der Waals surface area contributed by atoms with E-state index >= 15 is 0 Å². The third kappa shape index (κ3) is 2.86. The Morgan fingerprint density at radius 1 is 1.53 bits per heavy atom. The number of nitrogens with zero attached hydrogens (tertiary/aromatic N) is 4. The molecule has 0 radical (unpaired) electrons. The van der Waals surface area contributed by atoms with Gasteiger partial charge in [-0.3, -0.25) is 16.0 Å². The second kappa shape index (κ2) is 6.08. The third-order valence-electron chi connectivity index (χ3n) is 3.10. The summed E-state index contributed by atoms with van der Waals surface area (Å²) in [4.78, 5) is 1.09. The Morgan fingerprint density at radius 2 is 2.26 bits per heavy atom. The van der Waals surface area contributed by atoms with Crippen LogP contribution >= 0.6 is 27.5 Å². The Morgan fingerprint density at radius 3 is 2.79 bits per heavy atom. The van der Waals surface area contributed by atoms with E-state index in [2.05, 4.69) is 43.0 Å². The lowest BCUT2D eigenvalue weighted by molar-refractivity contribution is 0.532. The molecule has 8 heteroatoms. The Balaban J connectivity index is 2.29. The standard InChI is InChI=1S/C11H17BrN6S/c1-4-7-11(19-17-15-7)8(14-13)5-9-10(12)6(2)16-18(9)3/h8,14H,4-5,13H2,1-3H3. The lowest BCUT2D eigenvalue weighted by Crippen LogP contribution is -2.30. The van der Waals surface area contributed by atoms with E-state index in [0.29, 0.717) is 0 Å².